The Labute approximate surface area is 99.6 Å². The molecule has 0 spiro atoms. The molecule has 4 nitrogen and oxygen atoms in total. The first-order valence-electron chi connectivity index (χ1n) is 4.16. The van der Waals surface area contributed by atoms with Gasteiger partial charge in [-0.05, 0) is 13.8 Å². The minimum absolute atomic E-state index is 0.281. The van der Waals surface area contributed by atoms with E-state index in [9.17, 15) is 9.59 Å². The fraction of sp³-hybridized carbons (Fsp3) is 0.750. The molecule has 0 aliphatic heterocycles. The second kappa shape index (κ2) is 7.23. The number of hydrogen-bond acceptors (Lipinski definition) is 4. The van der Waals surface area contributed by atoms with Crippen molar-refractivity contribution in [3.05, 3.63) is 0 Å². The summed E-state index contributed by atoms with van der Waals surface area (Å²) in [5.74, 6) is -0.968. The van der Waals surface area contributed by atoms with Crippen molar-refractivity contribution in [3.63, 3.8) is 0 Å². The molecule has 0 aromatic heterocycles. The molecule has 6 heteroatoms. The lowest BCUT2D eigenvalue weighted by Crippen LogP contribution is -2.33. The van der Waals surface area contributed by atoms with E-state index in [2.05, 4.69) is 31.9 Å². The van der Waals surface area contributed by atoms with Gasteiger partial charge in [-0.15, -0.1) is 0 Å². The molecule has 0 radical (unpaired) electrons. The maximum absolute atomic E-state index is 11.2. The van der Waals surface area contributed by atoms with Gasteiger partial charge < -0.3 is 9.47 Å². The van der Waals surface area contributed by atoms with Crippen molar-refractivity contribution in [2.45, 2.75) is 23.5 Å². The summed E-state index contributed by atoms with van der Waals surface area (Å²) in [6.07, 6.45) is 0. The van der Waals surface area contributed by atoms with E-state index in [1.807, 2.05) is 0 Å². The van der Waals surface area contributed by atoms with E-state index < -0.39 is 21.6 Å². The molecule has 82 valence electrons. The predicted molar refractivity (Wildman–Crippen MR) is 58.7 cm³/mol. The van der Waals surface area contributed by atoms with Gasteiger partial charge in [-0.2, -0.15) is 0 Å². The van der Waals surface area contributed by atoms with Crippen LogP contribution in [0.4, 0.5) is 0 Å². The molecule has 0 saturated carbocycles. The first-order valence-corrected chi connectivity index (χ1v) is 5.99. The lowest BCUT2D eigenvalue weighted by atomic mass is 10.3. The number of carbonyl (C=O) groups is 2. The monoisotopic (exact) mass is 330 g/mol. The lowest BCUT2D eigenvalue weighted by molar-refractivity contribution is -0.148. The predicted octanol–water partition coefficient (Wildman–Crippen LogP) is 1.64. The SMILES string of the molecule is CCOC(=O)[C@@H](Br)[C@@H](Br)C(=O)OCC. The summed E-state index contributed by atoms with van der Waals surface area (Å²) in [4.78, 5) is 20.9. The molecule has 0 aromatic carbocycles. The van der Waals surface area contributed by atoms with E-state index in [0.717, 1.165) is 0 Å². The van der Waals surface area contributed by atoms with Crippen LogP contribution in [0.5, 0.6) is 0 Å². The summed E-state index contributed by atoms with van der Waals surface area (Å²) < 4.78 is 9.46. The van der Waals surface area contributed by atoms with Gasteiger partial charge in [0.05, 0.1) is 13.2 Å². The van der Waals surface area contributed by atoms with Crippen molar-refractivity contribution in [3.8, 4) is 0 Å². The Hall–Kier alpha value is -0.100. The largest absolute Gasteiger partial charge is 0.465 e. The summed E-state index contributed by atoms with van der Waals surface area (Å²) in [7, 11) is 0. The Morgan fingerprint density at radius 1 is 1.00 bits per heavy atom. The fourth-order valence-electron chi connectivity index (χ4n) is 0.683. The van der Waals surface area contributed by atoms with Crippen molar-refractivity contribution in [1.29, 1.82) is 0 Å². The Kier molecular flexibility index (Phi) is 7.17. The van der Waals surface area contributed by atoms with Crippen molar-refractivity contribution in [1.82, 2.24) is 0 Å². The van der Waals surface area contributed by atoms with Crippen molar-refractivity contribution in [2.75, 3.05) is 13.2 Å². The highest BCUT2D eigenvalue weighted by molar-refractivity contribution is 9.12. The van der Waals surface area contributed by atoms with Crippen molar-refractivity contribution in [2.24, 2.45) is 0 Å². The first kappa shape index (κ1) is 13.9. The molecule has 0 unspecified atom stereocenters. The van der Waals surface area contributed by atoms with E-state index in [4.69, 9.17) is 9.47 Å². The van der Waals surface area contributed by atoms with Crippen LogP contribution in [0.25, 0.3) is 0 Å². The summed E-state index contributed by atoms with van der Waals surface area (Å²) >= 11 is 6.12. The first-order chi connectivity index (χ1) is 6.54. The third-order valence-electron chi connectivity index (χ3n) is 1.28. The third-order valence-corrected chi connectivity index (χ3v) is 3.79. The molecule has 14 heavy (non-hydrogen) atoms. The zero-order chi connectivity index (χ0) is 11.1. The Bertz CT molecular complexity index is 186. The number of esters is 2. The topological polar surface area (TPSA) is 52.6 Å². The quantitative estimate of drug-likeness (QED) is 0.567. The second-order valence-electron chi connectivity index (χ2n) is 2.31. The smallest absolute Gasteiger partial charge is 0.321 e. The van der Waals surface area contributed by atoms with Crippen LogP contribution in [0.1, 0.15) is 13.8 Å². The van der Waals surface area contributed by atoms with E-state index in [1.54, 1.807) is 13.8 Å². The van der Waals surface area contributed by atoms with Crippen LogP contribution < -0.4 is 0 Å². The number of ether oxygens (including phenoxy) is 2. The number of halogens is 2. The van der Waals surface area contributed by atoms with E-state index in [0.29, 0.717) is 0 Å². The zero-order valence-electron chi connectivity index (χ0n) is 7.96. The maximum atomic E-state index is 11.2. The Balaban J connectivity index is 4.16. The highest BCUT2D eigenvalue weighted by atomic mass is 79.9. The molecule has 0 bridgehead atoms. The molecule has 0 aromatic rings. The third kappa shape index (κ3) is 4.41. The van der Waals surface area contributed by atoms with Crippen LogP contribution in [-0.2, 0) is 19.1 Å². The minimum Gasteiger partial charge on any atom is -0.465 e. The average Bonchev–Trinajstić information content (AvgIpc) is 2.16. The van der Waals surface area contributed by atoms with E-state index >= 15 is 0 Å². The molecule has 0 aliphatic rings. The standard InChI is InChI=1S/C8H12Br2O4/c1-3-13-7(11)5(9)6(10)8(12)14-4-2/h5-6H,3-4H2,1-2H3/t5-,6+. The minimum atomic E-state index is -0.721. The molecule has 0 N–H and O–H groups in total. The van der Waals surface area contributed by atoms with Crippen LogP contribution in [0.2, 0.25) is 0 Å². The van der Waals surface area contributed by atoms with Gasteiger partial charge in [-0.25, -0.2) is 0 Å². The highest BCUT2D eigenvalue weighted by Crippen LogP contribution is 2.17. The molecule has 0 rings (SSSR count). The molecule has 0 heterocycles. The zero-order valence-corrected chi connectivity index (χ0v) is 11.1. The molecule has 0 saturated heterocycles. The normalized spacial score (nSPS) is 14.3. The second-order valence-corrected chi connectivity index (χ2v) is 4.28. The number of alkyl halides is 2. The fourth-order valence-corrected chi connectivity index (χ4v) is 1.38. The molecule has 0 aliphatic carbocycles. The number of carbonyl (C=O) groups excluding carboxylic acids is 2. The van der Waals surface area contributed by atoms with Crippen LogP contribution in [0, 0.1) is 0 Å². The van der Waals surface area contributed by atoms with E-state index in [1.165, 1.54) is 0 Å². The van der Waals surface area contributed by atoms with Crippen molar-refractivity contribution >= 4 is 43.8 Å². The van der Waals surface area contributed by atoms with E-state index in [-0.39, 0.29) is 13.2 Å². The summed E-state index contributed by atoms with van der Waals surface area (Å²) in [6.45, 7) is 3.96. The summed E-state index contributed by atoms with van der Waals surface area (Å²) in [6, 6.07) is 0. The number of rotatable bonds is 5. The van der Waals surface area contributed by atoms with Crippen LogP contribution in [0.15, 0.2) is 0 Å². The molecular weight excluding hydrogens is 320 g/mol. The van der Waals surface area contributed by atoms with Gasteiger partial charge in [-0.1, -0.05) is 31.9 Å². The van der Waals surface area contributed by atoms with Crippen LogP contribution in [0.3, 0.4) is 0 Å². The van der Waals surface area contributed by atoms with Crippen molar-refractivity contribution < 1.29 is 19.1 Å². The van der Waals surface area contributed by atoms with Gasteiger partial charge in [0.1, 0.15) is 9.65 Å². The number of hydrogen-bond donors (Lipinski definition) is 0. The van der Waals surface area contributed by atoms with Gasteiger partial charge in [0, 0.05) is 0 Å². The van der Waals surface area contributed by atoms with Gasteiger partial charge in [0.25, 0.3) is 0 Å². The lowest BCUT2D eigenvalue weighted by Gasteiger charge is -2.13. The van der Waals surface area contributed by atoms with Gasteiger partial charge in [0.15, 0.2) is 0 Å². The summed E-state index contributed by atoms with van der Waals surface area (Å²) in [5.41, 5.74) is 0. The Morgan fingerprint density at radius 2 is 1.29 bits per heavy atom. The molecule has 0 amide bonds. The summed E-state index contributed by atoms with van der Waals surface area (Å²) in [5, 5.41) is 0. The van der Waals surface area contributed by atoms with Gasteiger partial charge in [-0.3, -0.25) is 9.59 Å². The Morgan fingerprint density at radius 3 is 1.50 bits per heavy atom. The highest BCUT2D eigenvalue weighted by Gasteiger charge is 2.31. The average molecular weight is 332 g/mol. The van der Waals surface area contributed by atoms with Crippen LogP contribution >= 0.6 is 31.9 Å². The van der Waals surface area contributed by atoms with Gasteiger partial charge in [0.2, 0.25) is 0 Å². The molecule has 2 atom stereocenters. The maximum Gasteiger partial charge on any atom is 0.321 e. The molecular formula is C8H12Br2O4. The van der Waals surface area contributed by atoms with Gasteiger partial charge >= 0.3 is 11.9 Å². The molecule has 0 fully saturated rings. The van der Waals surface area contributed by atoms with Crippen LogP contribution in [-0.4, -0.2) is 34.8 Å².